The molecular weight excluding hydrogens is 384 g/mol. The Bertz CT molecular complexity index is 1120. The van der Waals surface area contributed by atoms with Gasteiger partial charge in [-0.05, 0) is 42.0 Å². The lowest BCUT2D eigenvalue weighted by molar-refractivity contribution is 0.474. The number of hydrogen-bond acceptors (Lipinski definition) is 7. The number of pyridine rings is 1. The van der Waals surface area contributed by atoms with Gasteiger partial charge in [-0.3, -0.25) is 0 Å². The van der Waals surface area contributed by atoms with Crippen LogP contribution in [0.3, 0.4) is 0 Å². The summed E-state index contributed by atoms with van der Waals surface area (Å²) in [6.45, 7) is 0. The van der Waals surface area contributed by atoms with E-state index in [9.17, 15) is 20.7 Å². The van der Waals surface area contributed by atoms with Crippen LogP contribution in [0, 0.1) is 22.7 Å². The van der Waals surface area contributed by atoms with E-state index in [0.29, 0.717) is 16.2 Å². The Kier molecular flexibility index (Phi) is 5.09. The Morgan fingerprint density at radius 3 is 2.26 bits per heavy atom. The minimum Gasteiger partial charge on any atom is -0.508 e. The molecule has 0 aliphatic carbocycles. The molecule has 0 unspecified atom stereocenters. The molecule has 0 atom stereocenters. The SMILES string of the molecule is N#Cc1c(N)nc(Sc2ccc(O)cc2)c(C#N)c1-c1ccc(O)c(Cl)c1. The van der Waals surface area contributed by atoms with Crippen molar-refractivity contribution in [2.45, 2.75) is 9.92 Å². The first-order valence-corrected chi connectivity index (χ1v) is 8.73. The van der Waals surface area contributed by atoms with Crippen molar-refractivity contribution in [2.75, 3.05) is 5.73 Å². The van der Waals surface area contributed by atoms with E-state index in [1.165, 1.54) is 36.0 Å². The van der Waals surface area contributed by atoms with Crippen LogP contribution < -0.4 is 5.73 Å². The van der Waals surface area contributed by atoms with E-state index >= 15 is 0 Å². The predicted octanol–water partition coefficient (Wildman–Crippen LogP) is 4.29. The Labute approximate surface area is 164 Å². The van der Waals surface area contributed by atoms with Gasteiger partial charge in [0.1, 0.15) is 40.0 Å². The number of benzene rings is 2. The number of halogens is 1. The van der Waals surface area contributed by atoms with Gasteiger partial charge in [-0.2, -0.15) is 10.5 Å². The zero-order valence-electron chi connectivity index (χ0n) is 13.6. The highest BCUT2D eigenvalue weighted by Crippen LogP contribution is 2.40. The lowest BCUT2D eigenvalue weighted by Gasteiger charge is -2.13. The quantitative estimate of drug-likeness (QED) is 0.604. The van der Waals surface area contributed by atoms with Gasteiger partial charge in [-0.25, -0.2) is 4.98 Å². The molecule has 1 heterocycles. The first-order chi connectivity index (χ1) is 12.9. The summed E-state index contributed by atoms with van der Waals surface area (Å²) in [5, 5.41) is 38.7. The minimum atomic E-state index is -0.113. The van der Waals surface area contributed by atoms with Crippen LogP contribution in [-0.4, -0.2) is 15.2 Å². The van der Waals surface area contributed by atoms with Gasteiger partial charge in [0, 0.05) is 10.5 Å². The van der Waals surface area contributed by atoms with Gasteiger partial charge in [0.25, 0.3) is 0 Å². The minimum absolute atomic E-state index is 0.0167. The molecule has 3 aromatic rings. The Morgan fingerprint density at radius 2 is 1.67 bits per heavy atom. The normalized spacial score (nSPS) is 10.2. The molecule has 27 heavy (non-hydrogen) atoms. The number of nitrogens with zero attached hydrogens (tertiary/aromatic N) is 3. The number of aromatic hydroxyl groups is 2. The second-order valence-electron chi connectivity index (χ2n) is 5.41. The number of hydrogen-bond donors (Lipinski definition) is 3. The number of nitriles is 2. The fourth-order valence-electron chi connectivity index (χ4n) is 2.45. The van der Waals surface area contributed by atoms with Crippen LogP contribution in [0.5, 0.6) is 11.5 Å². The molecule has 0 amide bonds. The van der Waals surface area contributed by atoms with Crippen LogP contribution in [-0.2, 0) is 0 Å². The summed E-state index contributed by atoms with van der Waals surface area (Å²) in [6, 6.07) is 14.8. The summed E-state index contributed by atoms with van der Waals surface area (Å²) >= 11 is 7.17. The third-order valence-electron chi connectivity index (χ3n) is 3.70. The molecule has 132 valence electrons. The zero-order chi connectivity index (χ0) is 19.6. The van der Waals surface area contributed by atoms with E-state index in [-0.39, 0.29) is 33.5 Å². The predicted molar refractivity (Wildman–Crippen MR) is 102 cm³/mol. The van der Waals surface area contributed by atoms with E-state index in [1.54, 1.807) is 18.2 Å². The topological polar surface area (TPSA) is 127 Å². The number of nitrogens with two attached hydrogens (primary N) is 1. The van der Waals surface area contributed by atoms with Crippen LogP contribution in [0.15, 0.2) is 52.4 Å². The summed E-state index contributed by atoms with van der Waals surface area (Å²) in [4.78, 5) is 4.94. The molecule has 0 bridgehead atoms. The standard InChI is InChI=1S/C19H11ClN4O2S/c20-15-7-10(1-6-16(15)26)17-13(8-21)18(23)24-19(14(17)9-22)27-12-4-2-11(25)3-5-12/h1-7,25-26H,(H2,23,24). The third kappa shape index (κ3) is 3.61. The maximum absolute atomic E-state index is 9.74. The van der Waals surface area contributed by atoms with Gasteiger partial charge in [-0.1, -0.05) is 29.4 Å². The molecule has 0 spiro atoms. The summed E-state index contributed by atoms with van der Waals surface area (Å²) < 4.78 is 0. The van der Waals surface area contributed by atoms with Crippen molar-refractivity contribution in [1.29, 1.82) is 10.5 Å². The summed E-state index contributed by atoms with van der Waals surface area (Å²) in [7, 11) is 0. The summed E-state index contributed by atoms with van der Waals surface area (Å²) in [6.07, 6.45) is 0. The fraction of sp³-hybridized carbons (Fsp3) is 0. The van der Waals surface area contributed by atoms with Gasteiger partial charge in [0.15, 0.2) is 0 Å². The number of rotatable bonds is 3. The molecule has 0 saturated heterocycles. The molecule has 0 aliphatic rings. The molecule has 1 aromatic heterocycles. The largest absolute Gasteiger partial charge is 0.508 e. The first kappa shape index (κ1) is 18.4. The van der Waals surface area contributed by atoms with Gasteiger partial charge < -0.3 is 15.9 Å². The van der Waals surface area contributed by atoms with Gasteiger partial charge in [0.05, 0.1) is 10.6 Å². The average Bonchev–Trinajstić information content (AvgIpc) is 2.65. The smallest absolute Gasteiger partial charge is 0.143 e. The molecule has 0 aliphatic heterocycles. The van der Waals surface area contributed by atoms with Crippen LogP contribution in [0.25, 0.3) is 11.1 Å². The van der Waals surface area contributed by atoms with E-state index in [1.807, 2.05) is 6.07 Å². The Balaban J connectivity index is 2.23. The Morgan fingerprint density at radius 1 is 1.00 bits per heavy atom. The Hall–Kier alpha value is -3.39. The monoisotopic (exact) mass is 394 g/mol. The number of phenolic OH excluding ortho intramolecular Hbond substituents is 2. The zero-order valence-corrected chi connectivity index (χ0v) is 15.2. The molecule has 0 saturated carbocycles. The highest BCUT2D eigenvalue weighted by Gasteiger charge is 2.21. The van der Waals surface area contributed by atoms with Crippen LogP contribution in [0.1, 0.15) is 11.1 Å². The molecule has 2 aromatic carbocycles. The van der Waals surface area contributed by atoms with Crippen molar-refractivity contribution in [3.63, 3.8) is 0 Å². The van der Waals surface area contributed by atoms with Crippen LogP contribution in [0.4, 0.5) is 5.82 Å². The number of phenols is 2. The highest BCUT2D eigenvalue weighted by atomic mass is 35.5. The van der Waals surface area contributed by atoms with E-state index in [2.05, 4.69) is 11.1 Å². The third-order valence-corrected chi connectivity index (χ3v) is 5.00. The average molecular weight is 395 g/mol. The molecule has 0 radical (unpaired) electrons. The first-order valence-electron chi connectivity index (χ1n) is 7.54. The highest BCUT2D eigenvalue weighted by molar-refractivity contribution is 7.99. The maximum Gasteiger partial charge on any atom is 0.143 e. The molecule has 8 heteroatoms. The van der Waals surface area contributed by atoms with Crippen LogP contribution >= 0.6 is 23.4 Å². The second-order valence-corrected chi connectivity index (χ2v) is 6.88. The van der Waals surface area contributed by atoms with E-state index in [4.69, 9.17) is 17.3 Å². The van der Waals surface area contributed by atoms with Crippen molar-refractivity contribution in [3.8, 4) is 34.8 Å². The van der Waals surface area contributed by atoms with Crippen molar-refractivity contribution in [1.82, 2.24) is 4.98 Å². The number of aromatic nitrogens is 1. The van der Waals surface area contributed by atoms with Crippen molar-refractivity contribution >= 4 is 29.2 Å². The summed E-state index contributed by atoms with van der Waals surface area (Å²) in [5.74, 6) is -0.0123. The number of nitrogen functional groups attached to an aromatic ring is 1. The molecular formula is C19H11ClN4O2S. The van der Waals surface area contributed by atoms with Crippen molar-refractivity contribution in [3.05, 3.63) is 58.6 Å². The van der Waals surface area contributed by atoms with Gasteiger partial charge in [0.2, 0.25) is 0 Å². The fourth-order valence-corrected chi connectivity index (χ4v) is 3.52. The van der Waals surface area contributed by atoms with Gasteiger partial charge in [-0.15, -0.1) is 0 Å². The van der Waals surface area contributed by atoms with Gasteiger partial charge >= 0.3 is 0 Å². The summed E-state index contributed by atoms with van der Waals surface area (Å²) in [5.41, 5.74) is 6.95. The van der Waals surface area contributed by atoms with Crippen LogP contribution in [0.2, 0.25) is 5.02 Å². The van der Waals surface area contributed by atoms with Crippen molar-refractivity contribution in [2.24, 2.45) is 0 Å². The van der Waals surface area contributed by atoms with E-state index < -0.39 is 0 Å². The molecule has 0 fully saturated rings. The lowest BCUT2D eigenvalue weighted by atomic mass is 9.97. The van der Waals surface area contributed by atoms with Crippen molar-refractivity contribution < 1.29 is 10.2 Å². The molecule has 4 N–H and O–H groups in total. The number of anilines is 1. The second kappa shape index (κ2) is 7.46. The lowest BCUT2D eigenvalue weighted by Crippen LogP contribution is -2.03. The molecule has 6 nitrogen and oxygen atoms in total. The maximum atomic E-state index is 9.74. The molecule has 3 rings (SSSR count). The van der Waals surface area contributed by atoms with E-state index in [0.717, 1.165) is 4.90 Å².